The maximum absolute atomic E-state index is 10.5. The summed E-state index contributed by atoms with van der Waals surface area (Å²) in [5, 5.41) is 20.9. The van der Waals surface area contributed by atoms with Crippen LogP contribution in [0.4, 0.5) is 0 Å². The van der Waals surface area contributed by atoms with Gasteiger partial charge in [-0.1, -0.05) is 146 Å². The van der Waals surface area contributed by atoms with Crippen LogP contribution in [-0.2, 0) is 5.41 Å². The molecule has 1 aliphatic carbocycles. The number of hydrogen-bond acceptors (Lipinski definition) is 2. The molecule has 0 aliphatic heterocycles. The molecule has 0 bridgehead atoms. The van der Waals surface area contributed by atoms with Gasteiger partial charge in [-0.05, 0) is 79.9 Å². The first-order chi connectivity index (χ1) is 21.2. The van der Waals surface area contributed by atoms with Crippen molar-refractivity contribution in [3.63, 3.8) is 0 Å². The van der Waals surface area contributed by atoms with Crippen LogP contribution < -0.4 is 0 Å². The summed E-state index contributed by atoms with van der Waals surface area (Å²) < 4.78 is 0. The van der Waals surface area contributed by atoms with Crippen LogP contribution >= 0.6 is 0 Å². The van der Waals surface area contributed by atoms with Crippen molar-refractivity contribution in [1.82, 2.24) is 0 Å². The Kier molecular flexibility index (Phi) is 6.73. The predicted molar refractivity (Wildman–Crippen MR) is 176 cm³/mol. The monoisotopic (exact) mass is 554 g/mol. The Labute approximate surface area is 252 Å². The minimum absolute atomic E-state index is 0.213. The lowest BCUT2D eigenvalue weighted by Crippen LogP contribution is -2.30. The van der Waals surface area contributed by atoms with Crippen molar-refractivity contribution >= 4 is 22.3 Å². The smallest absolute Gasteiger partial charge is 0.115 e. The fraction of sp³-hybridized carbons (Fsp3) is 0.0244. The summed E-state index contributed by atoms with van der Waals surface area (Å²) in [6.07, 6.45) is 0. The van der Waals surface area contributed by atoms with Gasteiger partial charge in [0.25, 0.3) is 0 Å². The van der Waals surface area contributed by atoms with Gasteiger partial charge in [0.15, 0.2) is 0 Å². The molecule has 206 valence electrons. The lowest BCUT2D eigenvalue weighted by atomic mass is 9.63. The van der Waals surface area contributed by atoms with Gasteiger partial charge in [0.1, 0.15) is 11.5 Å². The molecular weight excluding hydrogens is 524 g/mol. The molecule has 0 atom stereocenters. The van der Waals surface area contributed by atoms with Crippen LogP contribution in [0.25, 0.3) is 22.3 Å². The van der Waals surface area contributed by atoms with Gasteiger partial charge in [0.2, 0.25) is 0 Å². The highest BCUT2D eigenvalue weighted by Crippen LogP contribution is 2.64. The Hall–Kier alpha value is -5.60. The van der Waals surface area contributed by atoms with E-state index in [9.17, 15) is 10.2 Å². The Bertz CT molecular complexity index is 1770. The predicted octanol–water partition coefficient (Wildman–Crippen LogP) is 9.62. The van der Waals surface area contributed by atoms with E-state index >= 15 is 0 Å². The molecule has 0 unspecified atom stereocenters. The Balaban J connectivity index is 1.77. The van der Waals surface area contributed by atoms with Crippen molar-refractivity contribution in [3.8, 4) is 11.5 Å². The minimum atomic E-state index is -0.805. The summed E-state index contributed by atoms with van der Waals surface area (Å²) in [5.41, 5.74) is 10.3. The molecule has 0 saturated heterocycles. The highest BCUT2D eigenvalue weighted by atomic mass is 16.3. The molecule has 0 radical (unpaired) electrons. The van der Waals surface area contributed by atoms with E-state index in [1.165, 1.54) is 0 Å². The standard InChI is InChI=1S/C41H30O2/c42-35-25-21-33(22-26-35)41(34-23-27-36(43)28-24-34)39(31-17-9-3-10-18-31)37(29-13-5-1-6-14-29)38(30-15-7-2-8-16-30)40(41)32-19-11-4-12-20-32/h1-28,42-43H. The lowest BCUT2D eigenvalue weighted by Gasteiger charge is -2.38. The molecule has 7 rings (SSSR count). The average molecular weight is 555 g/mol. The fourth-order valence-electron chi connectivity index (χ4n) is 6.64. The zero-order chi connectivity index (χ0) is 29.2. The summed E-state index contributed by atoms with van der Waals surface area (Å²) in [6.45, 7) is 0. The molecule has 2 nitrogen and oxygen atoms in total. The molecule has 6 aromatic carbocycles. The Morgan fingerprint density at radius 1 is 0.302 bits per heavy atom. The van der Waals surface area contributed by atoms with Gasteiger partial charge in [-0.15, -0.1) is 0 Å². The summed E-state index contributed by atoms with van der Waals surface area (Å²) in [4.78, 5) is 0. The highest BCUT2D eigenvalue weighted by molar-refractivity contribution is 6.32. The van der Waals surface area contributed by atoms with Crippen LogP contribution in [0, 0.1) is 0 Å². The van der Waals surface area contributed by atoms with Crippen LogP contribution in [0.5, 0.6) is 11.5 Å². The van der Waals surface area contributed by atoms with E-state index in [0.29, 0.717) is 0 Å². The van der Waals surface area contributed by atoms with Crippen LogP contribution in [0.15, 0.2) is 170 Å². The van der Waals surface area contributed by atoms with E-state index < -0.39 is 5.41 Å². The van der Waals surface area contributed by atoms with Gasteiger partial charge < -0.3 is 10.2 Å². The van der Waals surface area contributed by atoms with E-state index in [4.69, 9.17) is 0 Å². The first-order valence-electron chi connectivity index (χ1n) is 14.5. The van der Waals surface area contributed by atoms with Crippen molar-refractivity contribution in [2.45, 2.75) is 5.41 Å². The molecule has 0 aromatic heterocycles. The third-order valence-corrected chi connectivity index (χ3v) is 8.35. The molecule has 43 heavy (non-hydrogen) atoms. The van der Waals surface area contributed by atoms with Gasteiger partial charge in [0, 0.05) is 0 Å². The van der Waals surface area contributed by atoms with Gasteiger partial charge in [-0.3, -0.25) is 0 Å². The zero-order valence-corrected chi connectivity index (χ0v) is 23.6. The minimum Gasteiger partial charge on any atom is -0.508 e. The highest BCUT2D eigenvalue weighted by Gasteiger charge is 2.51. The molecule has 6 aromatic rings. The average Bonchev–Trinajstić information content (AvgIpc) is 3.40. The Morgan fingerprint density at radius 3 is 0.884 bits per heavy atom. The van der Waals surface area contributed by atoms with Crippen molar-refractivity contribution in [1.29, 1.82) is 0 Å². The second-order valence-electron chi connectivity index (χ2n) is 10.8. The first kappa shape index (κ1) is 26.3. The number of phenolic OH excluding ortho intramolecular Hbond substituents is 2. The van der Waals surface area contributed by atoms with E-state index in [1.807, 2.05) is 36.4 Å². The van der Waals surface area contributed by atoms with Gasteiger partial charge in [-0.25, -0.2) is 0 Å². The maximum atomic E-state index is 10.5. The zero-order valence-electron chi connectivity index (χ0n) is 23.6. The summed E-state index contributed by atoms with van der Waals surface area (Å²) in [7, 11) is 0. The van der Waals surface area contributed by atoms with E-state index in [-0.39, 0.29) is 11.5 Å². The Morgan fingerprint density at radius 2 is 0.581 bits per heavy atom. The summed E-state index contributed by atoms with van der Waals surface area (Å²) >= 11 is 0. The third kappa shape index (κ3) is 4.45. The van der Waals surface area contributed by atoms with E-state index in [1.54, 1.807) is 24.3 Å². The van der Waals surface area contributed by atoms with Crippen LogP contribution in [0.2, 0.25) is 0 Å². The number of rotatable bonds is 6. The molecule has 0 amide bonds. The van der Waals surface area contributed by atoms with Gasteiger partial charge >= 0.3 is 0 Å². The van der Waals surface area contributed by atoms with E-state index in [2.05, 4.69) is 109 Å². The largest absolute Gasteiger partial charge is 0.508 e. The fourth-order valence-corrected chi connectivity index (χ4v) is 6.64. The van der Waals surface area contributed by atoms with Crippen molar-refractivity contribution in [3.05, 3.63) is 203 Å². The van der Waals surface area contributed by atoms with Crippen LogP contribution in [0.1, 0.15) is 33.4 Å². The SMILES string of the molecule is Oc1ccc(C2(c3ccc(O)cc3)C(c3ccccc3)=C(c3ccccc3)C(c3ccccc3)=C2c2ccccc2)cc1. The molecule has 0 spiro atoms. The lowest BCUT2D eigenvalue weighted by molar-refractivity contribution is 0.475. The third-order valence-electron chi connectivity index (χ3n) is 8.35. The van der Waals surface area contributed by atoms with Crippen molar-refractivity contribution < 1.29 is 10.2 Å². The molecule has 2 N–H and O–H groups in total. The quantitative estimate of drug-likeness (QED) is 0.215. The second kappa shape index (κ2) is 11.0. The molecule has 0 saturated carbocycles. The molecule has 2 heteroatoms. The molecular formula is C41H30O2. The molecule has 0 fully saturated rings. The van der Waals surface area contributed by atoms with E-state index in [0.717, 1.165) is 55.7 Å². The van der Waals surface area contributed by atoms with Gasteiger partial charge in [-0.2, -0.15) is 0 Å². The number of aromatic hydroxyl groups is 2. The number of phenols is 2. The molecule has 1 aliphatic rings. The summed E-state index contributed by atoms with van der Waals surface area (Å²) in [5.74, 6) is 0.425. The first-order valence-corrected chi connectivity index (χ1v) is 14.5. The van der Waals surface area contributed by atoms with Crippen molar-refractivity contribution in [2.24, 2.45) is 0 Å². The number of allylic oxidation sites excluding steroid dienone is 4. The van der Waals surface area contributed by atoms with Crippen LogP contribution in [-0.4, -0.2) is 10.2 Å². The number of hydrogen-bond donors (Lipinski definition) is 2. The maximum Gasteiger partial charge on any atom is 0.115 e. The second-order valence-corrected chi connectivity index (χ2v) is 10.8. The van der Waals surface area contributed by atoms with Crippen LogP contribution in [0.3, 0.4) is 0 Å². The summed E-state index contributed by atoms with van der Waals surface area (Å²) in [6, 6.07) is 57.6. The molecule has 0 heterocycles. The number of benzene rings is 6. The van der Waals surface area contributed by atoms with Crippen molar-refractivity contribution in [2.75, 3.05) is 0 Å². The topological polar surface area (TPSA) is 40.5 Å². The van der Waals surface area contributed by atoms with Gasteiger partial charge in [0.05, 0.1) is 5.41 Å². The normalized spacial score (nSPS) is 14.2.